The molecular weight excluding hydrogens is 436 g/mol. The normalized spacial score (nSPS) is 30.1. The molecule has 5 unspecified atom stereocenters. The minimum absolute atomic E-state index is 0.000815. The minimum Gasteiger partial charge on any atom is -0.493 e. The third-order valence-corrected chi connectivity index (χ3v) is 8.68. The molecule has 1 N–H and O–H groups in total. The maximum Gasteiger partial charge on any atom is 0.331 e. The number of rotatable bonds is 9. The van der Waals surface area contributed by atoms with Crippen molar-refractivity contribution in [1.29, 1.82) is 0 Å². The number of carbonyl (C=O) groups is 1. The first kappa shape index (κ1) is 24.3. The van der Waals surface area contributed by atoms with E-state index in [2.05, 4.69) is 30.9 Å². The lowest BCUT2D eigenvalue weighted by Gasteiger charge is -2.43. The summed E-state index contributed by atoms with van der Waals surface area (Å²) < 4.78 is 12.4. The van der Waals surface area contributed by atoms with Crippen LogP contribution in [0.5, 0.6) is 5.75 Å². The zero-order valence-corrected chi connectivity index (χ0v) is 21.4. The van der Waals surface area contributed by atoms with Crippen molar-refractivity contribution in [3.05, 3.63) is 66.2 Å². The van der Waals surface area contributed by atoms with Gasteiger partial charge >= 0.3 is 5.97 Å². The summed E-state index contributed by atoms with van der Waals surface area (Å²) >= 11 is 0. The molecule has 0 aromatic heterocycles. The average Bonchev–Trinajstić information content (AvgIpc) is 3.59. The van der Waals surface area contributed by atoms with Crippen LogP contribution in [-0.2, 0) is 15.1 Å². The third-order valence-electron chi connectivity index (χ3n) is 8.68. The Bertz CT molecular complexity index is 978. The number of esters is 1. The minimum atomic E-state index is -0.728. The lowest BCUT2D eigenvalue weighted by atomic mass is 9.88. The van der Waals surface area contributed by atoms with E-state index < -0.39 is 5.54 Å². The highest BCUT2D eigenvalue weighted by Crippen LogP contribution is 2.55. The highest BCUT2D eigenvalue weighted by molar-refractivity contribution is 5.82. The van der Waals surface area contributed by atoms with Crippen molar-refractivity contribution in [3.8, 4) is 5.75 Å². The fourth-order valence-corrected chi connectivity index (χ4v) is 6.43. The van der Waals surface area contributed by atoms with Gasteiger partial charge in [-0.1, -0.05) is 61.9 Å². The van der Waals surface area contributed by atoms with Crippen molar-refractivity contribution < 1.29 is 19.2 Å². The van der Waals surface area contributed by atoms with E-state index in [1.54, 1.807) is 0 Å². The van der Waals surface area contributed by atoms with Crippen molar-refractivity contribution in [3.63, 3.8) is 0 Å². The number of nitrogens with one attached hydrogen (secondary N) is 1. The highest BCUT2D eigenvalue weighted by Gasteiger charge is 2.62. The second-order valence-electron chi connectivity index (χ2n) is 11.3. The van der Waals surface area contributed by atoms with Gasteiger partial charge in [0.05, 0.1) is 19.7 Å². The zero-order valence-electron chi connectivity index (χ0n) is 21.4. The van der Waals surface area contributed by atoms with E-state index in [4.69, 9.17) is 9.47 Å². The van der Waals surface area contributed by atoms with Crippen LogP contribution in [0.4, 0.5) is 0 Å². The van der Waals surface area contributed by atoms with E-state index in [1.807, 2.05) is 48.5 Å². The summed E-state index contributed by atoms with van der Waals surface area (Å²) in [6, 6.07) is 20.3. The van der Waals surface area contributed by atoms with Crippen LogP contribution in [0.25, 0.3) is 0 Å². The molecule has 0 radical (unpaired) electrons. The van der Waals surface area contributed by atoms with Gasteiger partial charge in [-0.2, -0.15) is 0 Å². The quantitative estimate of drug-likeness (QED) is 0.442. The number of piperidine rings is 2. The fraction of sp³-hybridized carbons (Fsp3) is 0.567. The van der Waals surface area contributed by atoms with Crippen molar-refractivity contribution >= 4 is 5.97 Å². The third kappa shape index (κ3) is 5.26. The monoisotopic (exact) mass is 477 g/mol. The highest BCUT2D eigenvalue weighted by atomic mass is 16.5. The molecule has 35 heavy (non-hydrogen) atoms. The van der Waals surface area contributed by atoms with Gasteiger partial charge in [0.2, 0.25) is 0 Å². The molecule has 5 nitrogen and oxygen atoms in total. The fourth-order valence-electron chi connectivity index (χ4n) is 6.43. The van der Waals surface area contributed by atoms with Gasteiger partial charge in [-0.15, -0.1) is 0 Å². The lowest BCUT2D eigenvalue weighted by molar-refractivity contribution is -0.913. The average molecular weight is 478 g/mol. The number of hydrogen-bond acceptors (Lipinski definition) is 4. The van der Waals surface area contributed by atoms with E-state index in [0.717, 1.165) is 63.4 Å². The van der Waals surface area contributed by atoms with E-state index >= 15 is 0 Å². The number of quaternary nitrogens is 1. The molecule has 0 spiro atoms. The topological polar surface area (TPSA) is 43.2 Å². The van der Waals surface area contributed by atoms with Gasteiger partial charge in [-0.3, -0.25) is 4.90 Å². The molecule has 2 aromatic carbocycles. The van der Waals surface area contributed by atoms with E-state index in [1.165, 1.54) is 24.3 Å². The summed E-state index contributed by atoms with van der Waals surface area (Å²) in [4.78, 5) is 17.8. The van der Waals surface area contributed by atoms with Gasteiger partial charge in [0.15, 0.2) is 6.10 Å². The van der Waals surface area contributed by atoms with Crippen molar-refractivity contribution in [2.24, 2.45) is 11.3 Å². The van der Waals surface area contributed by atoms with Crippen LogP contribution < -0.4 is 9.64 Å². The summed E-state index contributed by atoms with van der Waals surface area (Å²) in [5.74, 6) is 1.36. The molecule has 5 heteroatoms. The molecule has 0 amide bonds. The Hall–Kier alpha value is -2.37. The van der Waals surface area contributed by atoms with Gasteiger partial charge in [0.25, 0.3) is 0 Å². The molecular formula is C30H41N2O3+. The Labute approximate surface area is 210 Å². The standard InChI is InChI=1S/C30H40N2O3/c1-29-21-26(29)27(22-31(23-29)17-12-20-34-25-15-8-4-9-16-25)35-28(33)30(2,24-13-6-3-7-14-24)32-18-10-5-11-19-32/h3-4,6-9,13-16,26-27H,5,10-12,17-23H2,1-2H3/p+1. The molecule has 3 fully saturated rings. The van der Waals surface area contributed by atoms with Gasteiger partial charge in [-0.25, -0.2) is 4.79 Å². The SMILES string of the molecule is CC12CC1C(OC(=O)C(C)(c1ccccc1)N1CCCCC1)C[NH+](CCCOc1ccccc1)C2. The van der Waals surface area contributed by atoms with E-state index in [-0.39, 0.29) is 12.1 Å². The lowest BCUT2D eigenvalue weighted by Crippen LogP contribution is -3.15. The van der Waals surface area contributed by atoms with Gasteiger partial charge in [0, 0.05) is 17.8 Å². The molecule has 2 aliphatic heterocycles. The van der Waals surface area contributed by atoms with Crippen LogP contribution in [0.15, 0.2) is 60.7 Å². The van der Waals surface area contributed by atoms with Crippen LogP contribution in [0.3, 0.4) is 0 Å². The second-order valence-corrected chi connectivity index (χ2v) is 11.3. The number of nitrogens with zero attached hydrogens (tertiary/aromatic N) is 1. The van der Waals surface area contributed by atoms with Crippen molar-refractivity contribution in [2.75, 3.05) is 39.3 Å². The molecule has 2 aromatic rings. The van der Waals surface area contributed by atoms with Gasteiger partial charge in [0.1, 0.15) is 17.8 Å². The van der Waals surface area contributed by atoms with Crippen LogP contribution in [0, 0.1) is 11.3 Å². The first-order valence-electron chi connectivity index (χ1n) is 13.5. The van der Waals surface area contributed by atoms with E-state index in [9.17, 15) is 4.79 Å². The number of para-hydroxylation sites is 1. The van der Waals surface area contributed by atoms with E-state index in [0.29, 0.717) is 11.3 Å². The molecule has 1 saturated carbocycles. The Morgan fingerprint density at radius 2 is 1.74 bits per heavy atom. The molecule has 0 bridgehead atoms. The molecule has 5 rings (SSSR count). The smallest absolute Gasteiger partial charge is 0.331 e. The maximum absolute atomic E-state index is 13.9. The van der Waals surface area contributed by atoms with Crippen molar-refractivity contribution in [1.82, 2.24) is 4.90 Å². The second kappa shape index (κ2) is 10.3. The predicted molar refractivity (Wildman–Crippen MR) is 137 cm³/mol. The molecule has 188 valence electrons. The summed E-state index contributed by atoms with van der Waals surface area (Å²) in [7, 11) is 0. The number of carbonyl (C=O) groups excluding carboxylic acids is 1. The van der Waals surface area contributed by atoms with Gasteiger partial charge in [-0.05, 0) is 57.0 Å². The number of likely N-dealkylation sites (tertiary alicyclic amines) is 2. The first-order chi connectivity index (χ1) is 17.0. The summed E-state index contributed by atoms with van der Waals surface area (Å²) in [6.07, 6.45) is 5.69. The summed E-state index contributed by atoms with van der Waals surface area (Å²) in [6.45, 7) is 10.2. The van der Waals surface area contributed by atoms with Gasteiger partial charge < -0.3 is 14.4 Å². The molecule has 3 aliphatic rings. The molecule has 5 atom stereocenters. The van der Waals surface area contributed by atoms with Crippen LogP contribution in [0.2, 0.25) is 0 Å². The largest absolute Gasteiger partial charge is 0.493 e. The Kier molecular flexibility index (Phi) is 7.17. The van der Waals surface area contributed by atoms with Crippen LogP contribution in [0.1, 0.15) is 51.5 Å². The Morgan fingerprint density at radius 3 is 2.46 bits per heavy atom. The summed E-state index contributed by atoms with van der Waals surface area (Å²) in [5, 5.41) is 0. The van der Waals surface area contributed by atoms with Crippen LogP contribution in [-0.4, -0.2) is 56.3 Å². The molecule has 2 heterocycles. The van der Waals surface area contributed by atoms with Crippen LogP contribution >= 0.6 is 0 Å². The molecule has 2 saturated heterocycles. The number of hydrogen-bond donors (Lipinski definition) is 1. The maximum atomic E-state index is 13.9. The van der Waals surface area contributed by atoms with Crippen molar-refractivity contribution in [2.45, 2.75) is 57.6 Å². The number of ether oxygens (including phenoxy) is 2. The predicted octanol–water partition coefficient (Wildman–Crippen LogP) is 3.69. The number of benzene rings is 2. The first-order valence-corrected chi connectivity index (χ1v) is 13.5. The number of fused-ring (bicyclic) bond motifs is 1. The summed E-state index contributed by atoms with van der Waals surface area (Å²) in [5.41, 5.74) is 0.616. The Morgan fingerprint density at radius 1 is 1.06 bits per heavy atom. The Balaban J connectivity index is 1.23. The zero-order chi connectivity index (χ0) is 24.3. The molecule has 1 aliphatic carbocycles.